The average Bonchev–Trinajstić information content (AvgIpc) is 3.05. The Morgan fingerprint density at radius 1 is 0.886 bits per heavy atom. The van der Waals surface area contributed by atoms with Crippen molar-refractivity contribution in [3.8, 4) is 0 Å². The molecule has 12 nitrogen and oxygen atoms in total. The van der Waals surface area contributed by atoms with E-state index in [9.17, 15) is 19.2 Å². The Kier molecular flexibility index (Phi) is 16.7. The van der Waals surface area contributed by atoms with Crippen LogP contribution in [0, 0.1) is 0 Å². The number of carbonyl (C=O) groups excluding carboxylic acids is 4. The smallest absolute Gasteiger partial charge is 0.248 e. The van der Waals surface area contributed by atoms with Crippen LogP contribution in [0.2, 0.25) is 0 Å². The number of likely N-dealkylation sites (N-methyl/N-ethyl adjacent to an activating group) is 2. The predicted molar refractivity (Wildman–Crippen MR) is 129 cm³/mol. The Labute approximate surface area is 212 Å². The average molecular weight is 522 g/mol. The summed E-state index contributed by atoms with van der Waals surface area (Å²) in [7, 11) is 3.58. The molecule has 0 saturated carbocycles. The van der Waals surface area contributed by atoms with Crippen molar-refractivity contribution in [1.82, 2.24) is 14.7 Å². The summed E-state index contributed by atoms with van der Waals surface area (Å²) in [5.41, 5.74) is 0. The molecular formula is C22H39N3O9S. The summed E-state index contributed by atoms with van der Waals surface area (Å²) < 4.78 is 26.8. The third-order valence-electron chi connectivity index (χ3n) is 4.88. The highest BCUT2D eigenvalue weighted by molar-refractivity contribution is 7.81. The number of hydrogen-bond donors (Lipinski definition) is 1. The van der Waals surface area contributed by atoms with Crippen molar-refractivity contribution in [2.24, 2.45) is 0 Å². The van der Waals surface area contributed by atoms with Crippen molar-refractivity contribution in [1.29, 1.82) is 0 Å². The van der Waals surface area contributed by atoms with Gasteiger partial charge in [-0.25, -0.2) is 0 Å². The van der Waals surface area contributed by atoms with Crippen LogP contribution in [-0.4, -0.2) is 143 Å². The van der Waals surface area contributed by atoms with Crippen molar-refractivity contribution in [3.63, 3.8) is 0 Å². The molecule has 0 radical (unpaired) electrons. The lowest BCUT2D eigenvalue weighted by atomic mass is 10.4. The fourth-order valence-corrected chi connectivity index (χ4v) is 3.13. The van der Waals surface area contributed by atoms with Gasteiger partial charge in [-0.05, 0) is 14.0 Å². The highest BCUT2D eigenvalue weighted by Gasteiger charge is 2.35. The van der Waals surface area contributed by atoms with E-state index in [2.05, 4.69) is 12.6 Å². The molecule has 1 atom stereocenters. The van der Waals surface area contributed by atoms with E-state index in [0.717, 1.165) is 0 Å². The lowest BCUT2D eigenvalue weighted by molar-refractivity contribution is -0.139. The standard InChI is InChI=1S/C22H39N3O9S/c1-18(26)15-34-16-21(28)24(3)5-4-23(2)17-33-13-12-32-11-10-31-9-8-30-7-6-25-20(27)14-19(35)22(25)29/h19,35H,4-17H2,1-3H3. The Hall–Kier alpha value is -1.61. The van der Waals surface area contributed by atoms with Crippen LogP contribution in [0.1, 0.15) is 13.3 Å². The van der Waals surface area contributed by atoms with Gasteiger partial charge >= 0.3 is 0 Å². The fourth-order valence-electron chi connectivity index (χ4n) is 2.84. The molecule has 0 spiro atoms. The molecule has 0 aromatic heterocycles. The van der Waals surface area contributed by atoms with Crippen LogP contribution in [0.25, 0.3) is 0 Å². The number of carbonyl (C=O) groups is 4. The number of amides is 3. The molecule has 0 aromatic carbocycles. The first-order valence-electron chi connectivity index (χ1n) is 11.5. The van der Waals surface area contributed by atoms with Gasteiger partial charge in [-0.1, -0.05) is 0 Å². The first-order valence-corrected chi connectivity index (χ1v) is 12.1. The summed E-state index contributed by atoms with van der Waals surface area (Å²) in [6, 6.07) is 0. The van der Waals surface area contributed by atoms with Crippen LogP contribution in [-0.2, 0) is 42.9 Å². The van der Waals surface area contributed by atoms with Gasteiger partial charge in [0.1, 0.15) is 13.2 Å². The second-order valence-electron chi connectivity index (χ2n) is 8.07. The zero-order valence-electron chi connectivity index (χ0n) is 20.9. The van der Waals surface area contributed by atoms with Crippen LogP contribution in [0.5, 0.6) is 0 Å². The van der Waals surface area contributed by atoms with E-state index < -0.39 is 5.25 Å². The van der Waals surface area contributed by atoms with Crippen molar-refractivity contribution in [3.05, 3.63) is 0 Å². The number of likely N-dealkylation sites (tertiary alicyclic amines) is 1. The molecule has 3 amide bonds. The summed E-state index contributed by atoms with van der Waals surface area (Å²) in [4.78, 5) is 50.7. The summed E-state index contributed by atoms with van der Waals surface area (Å²) in [5.74, 6) is -0.768. The van der Waals surface area contributed by atoms with Crippen molar-refractivity contribution >= 4 is 36.1 Å². The van der Waals surface area contributed by atoms with Gasteiger partial charge in [-0.3, -0.25) is 29.0 Å². The number of hydrogen-bond acceptors (Lipinski definition) is 11. The second kappa shape index (κ2) is 18.6. The third kappa shape index (κ3) is 14.5. The van der Waals surface area contributed by atoms with Gasteiger partial charge < -0.3 is 28.6 Å². The number of ether oxygens (including phenoxy) is 5. The van der Waals surface area contributed by atoms with E-state index in [1.165, 1.54) is 11.8 Å². The normalized spacial score (nSPS) is 15.9. The molecule has 13 heteroatoms. The minimum absolute atomic E-state index is 0.0550. The molecule has 0 N–H and O–H groups in total. The molecule has 1 rings (SSSR count). The number of Topliss-reactive ketones (excluding diaryl/α,β-unsaturated/α-hetero) is 1. The third-order valence-corrected chi connectivity index (χ3v) is 5.28. The Morgan fingerprint density at radius 3 is 2.00 bits per heavy atom. The largest absolute Gasteiger partial charge is 0.377 e. The van der Waals surface area contributed by atoms with E-state index in [0.29, 0.717) is 59.5 Å². The van der Waals surface area contributed by atoms with Gasteiger partial charge in [-0.15, -0.1) is 0 Å². The molecule has 1 aliphatic heterocycles. The monoisotopic (exact) mass is 521 g/mol. The SMILES string of the molecule is CC(=O)COCC(=O)N(C)CCN(C)COCCOCCOCCOCCN1C(=O)CC(S)C1=O. The number of ketones is 1. The quantitative estimate of drug-likeness (QED) is 0.0876. The molecule has 1 saturated heterocycles. The van der Waals surface area contributed by atoms with Crippen molar-refractivity contribution in [2.45, 2.75) is 18.6 Å². The van der Waals surface area contributed by atoms with Crippen LogP contribution >= 0.6 is 12.6 Å². The molecule has 1 fully saturated rings. The summed E-state index contributed by atoms with van der Waals surface area (Å²) in [5, 5.41) is -0.535. The highest BCUT2D eigenvalue weighted by Crippen LogP contribution is 2.17. The second-order valence-corrected chi connectivity index (χ2v) is 8.69. The minimum atomic E-state index is -0.535. The zero-order chi connectivity index (χ0) is 26.1. The van der Waals surface area contributed by atoms with E-state index in [1.807, 2.05) is 11.9 Å². The Bertz CT molecular complexity index is 668. The summed E-state index contributed by atoms with van der Waals surface area (Å²) in [6.45, 7) is 5.78. The number of thiol groups is 1. The molecule has 1 aliphatic rings. The maximum absolute atomic E-state index is 11.9. The van der Waals surface area contributed by atoms with Crippen molar-refractivity contribution in [2.75, 3.05) is 99.9 Å². The van der Waals surface area contributed by atoms with E-state index in [-0.39, 0.29) is 56.3 Å². The first kappa shape index (κ1) is 31.4. The van der Waals surface area contributed by atoms with Gasteiger partial charge in [0, 0.05) is 26.6 Å². The fraction of sp³-hybridized carbons (Fsp3) is 0.818. The van der Waals surface area contributed by atoms with Gasteiger partial charge in [0.2, 0.25) is 17.7 Å². The Balaban J connectivity index is 1.87. The highest BCUT2D eigenvalue weighted by atomic mass is 32.1. The maximum atomic E-state index is 11.9. The van der Waals surface area contributed by atoms with E-state index >= 15 is 0 Å². The van der Waals surface area contributed by atoms with Crippen LogP contribution in [0.4, 0.5) is 0 Å². The summed E-state index contributed by atoms with van der Waals surface area (Å²) >= 11 is 4.07. The molecule has 0 aromatic rings. The van der Waals surface area contributed by atoms with E-state index in [4.69, 9.17) is 23.7 Å². The lowest BCUT2D eigenvalue weighted by Crippen LogP contribution is -2.37. The molecule has 1 unspecified atom stereocenters. The Morgan fingerprint density at radius 2 is 1.46 bits per heavy atom. The number of imide groups is 1. The van der Waals surface area contributed by atoms with Crippen LogP contribution in [0.3, 0.4) is 0 Å². The van der Waals surface area contributed by atoms with Crippen LogP contribution in [0.15, 0.2) is 0 Å². The minimum Gasteiger partial charge on any atom is -0.377 e. The first-order chi connectivity index (χ1) is 16.7. The maximum Gasteiger partial charge on any atom is 0.248 e. The van der Waals surface area contributed by atoms with Gasteiger partial charge in [0.15, 0.2) is 5.78 Å². The van der Waals surface area contributed by atoms with Gasteiger partial charge in [0.05, 0.1) is 64.8 Å². The van der Waals surface area contributed by atoms with Gasteiger partial charge in [-0.2, -0.15) is 12.6 Å². The molecule has 35 heavy (non-hydrogen) atoms. The molecular weight excluding hydrogens is 482 g/mol. The number of rotatable bonds is 21. The molecule has 0 aliphatic carbocycles. The van der Waals surface area contributed by atoms with Crippen molar-refractivity contribution < 1.29 is 42.9 Å². The van der Waals surface area contributed by atoms with Gasteiger partial charge in [0.25, 0.3) is 0 Å². The number of nitrogens with zero attached hydrogens (tertiary/aromatic N) is 3. The topological polar surface area (TPSA) is 124 Å². The van der Waals surface area contributed by atoms with Crippen LogP contribution < -0.4 is 0 Å². The predicted octanol–water partition coefficient (Wildman–Crippen LogP) is -0.937. The van der Waals surface area contributed by atoms with E-state index in [1.54, 1.807) is 11.9 Å². The molecule has 202 valence electrons. The molecule has 1 heterocycles. The zero-order valence-corrected chi connectivity index (χ0v) is 21.8. The lowest BCUT2D eigenvalue weighted by Gasteiger charge is -2.22. The molecule has 0 bridgehead atoms. The summed E-state index contributed by atoms with van der Waals surface area (Å²) in [6.07, 6.45) is 0.146.